The highest BCUT2D eigenvalue weighted by atomic mass is 16.6. The fraction of sp³-hybridized carbons (Fsp3) is 0.700. The van der Waals surface area contributed by atoms with Gasteiger partial charge in [0.2, 0.25) is 0 Å². The number of amides is 1. The van der Waals surface area contributed by atoms with E-state index in [9.17, 15) is 14.4 Å². The highest BCUT2D eigenvalue weighted by molar-refractivity contribution is 5.89. The summed E-state index contributed by atoms with van der Waals surface area (Å²) in [5, 5.41) is 19.7. The summed E-state index contributed by atoms with van der Waals surface area (Å²) in [5.74, 6) is -4.64. The van der Waals surface area contributed by atoms with Gasteiger partial charge in [0.1, 0.15) is 5.60 Å². The van der Waals surface area contributed by atoms with Crippen LogP contribution >= 0.6 is 0 Å². The second kappa shape index (κ2) is 4.23. The van der Waals surface area contributed by atoms with Crippen molar-refractivity contribution in [1.29, 1.82) is 0 Å². The van der Waals surface area contributed by atoms with Gasteiger partial charge in [0.25, 0.3) is 0 Å². The third kappa shape index (κ3) is 3.33. The number of aliphatic carboxylic acids is 2. The normalized spacial score (nSPS) is 27.1. The van der Waals surface area contributed by atoms with Gasteiger partial charge < -0.3 is 20.3 Å². The second-order valence-electron chi connectivity index (χ2n) is 4.90. The van der Waals surface area contributed by atoms with Crippen LogP contribution in [0.4, 0.5) is 4.79 Å². The number of rotatable bonds is 3. The molecule has 1 fully saturated rings. The molecule has 0 aliphatic heterocycles. The van der Waals surface area contributed by atoms with E-state index >= 15 is 0 Å². The molecule has 1 amide bonds. The maximum absolute atomic E-state index is 11.3. The van der Waals surface area contributed by atoms with Gasteiger partial charge in [0.15, 0.2) is 0 Å². The first-order valence-corrected chi connectivity index (χ1v) is 5.08. The maximum Gasteiger partial charge on any atom is 0.407 e. The average Bonchev–Trinajstić information content (AvgIpc) is 2.74. The Balaban J connectivity index is 2.56. The molecule has 0 bridgehead atoms. The Kier molecular flexibility index (Phi) is 3.30. The van der Waals surface area contributed by atoms with Crippen LogP contribution in [0.5, 0.6) is 0 Å². The lowest BCUT2D eigenvalue weighted by Gasteiger charge is -2.19. The molecule has 2 unspecified atom stereocenters. The first-order valence-electron chi connectivity index (χ1n) is 5.08. The lowest BCUT2D eigenvalue weighted by Crippen LogP contribution is -2.35. The Morgan fingerprint density at radius 3 is 1.76 bits per heavy atom. The molecule has 0 spiro atoms. The van der Waals surface area contributed by atoms with Crippen LogP contribution in [0.3, 0.4) is 0 Å². The summed E-state index contributed by atoms with van der Waals surface area (Å²) < 4.78 is 4.91. The third-order valence-electron chi connectivity index (χ3n) is 2.27. The molecular formula is C10H15NO6. The number of hydrogen-bond acceptors (Lipinski definition) is 4. The molecule has 0 heterocycles. The van der Waals surface area contributed by atoms with Gasteiger partial charge in [-0.1, -0.05) is 0 Å². The van der Waals surface area contributed by atoms with Crippen LogP contribution in [0, 0.1) is 11.8 Å². The molecule has 0 radical (unpaired) electrons. The van der Waals surface area contributed by atoms with Gasteiger partial charge >= 0.3 is 18.0 Å². The molecule has 0 aromatic heterocycles. The number of carbonyl (C=O) groups is 3. The highest BCUT2D eigenvalue weighted by Gasteiger charge is 2.61. The van der Waals surface area contributed by atoms with Crippen molar-refractivity contribution in [1.82, 2.24) is 5.32 Å². The highest BCUT2D eigenvalue weighted by Crippen LogP contribution is 2.39. The van der Waals surface area contributed by atoms with E-state index in [4.69, 9.17) is 14.9 Å². The number of nitrogens with one attached hydrogen (secondary N) is 1. The van der Waals surface area contributed by atoms with E-state index in [0.29, 0.717) is 0 Å². The van der Waals surface area contributed by atoms with E-state index in [2.05, 4.69) is 5.32 Å². The number of carboxylic acid groups (broad SMARTS) is 2. The maximum atomic E-state index is 11.3. The molecule has 1 aliphatic carbocycles. The summed E-state index contributed by atoms with van der Waals surface area (Å²) in [6.45, 7) is 4.97. The van der Waals surface area contributed by atoms with Crippen LogP contribution in [0.1, 0.15) is 20.8 Å². The van der Waals surface area contributed by atoms with Gasteiger partial charge in [-0.25, -0.2) is 4.79 Å². The van der Waals surface area contributed by atoms with Crippen LogP contribution in [0.25, 0.3) is 0 Å². The fourth-order valence-corrected chi connectivity index (χ4v) is 1.55. The van der Waals surface area contributed by atoms with Crippen molar-refractivity contribution in [2.24, 2.45) is 11.8 Å². The Hall–Kier alpha value is -1.79. The van der Waals surface area contributed by atoms with E-state index < -0.39 is 41.5 Å². The Morgan fingerprint density at radius 2 is 1.47 bits per heavy atom. The van der Waals surface area contributed by atoms with Gasteiger partial charge in [-0.15, -0.1) is 0 Å². The van der Waals surface area contributed by atoms with Gasteiger partial charge in [0.05, 0.1) is 17.9 Å². The smallest absolute Gasteiger partial charge is 0.407 e. The molecule has 2 atom stereocenters. The van der Waals surface area contributed by atoms with Crippen LogP contribution in [0.2, 0.25) is 0 Å². The van der Waals surface area contributed by atoms with E-state index in [0.717, 1.165) is 0 Å². The molecule has 0 saturated heterocycles. The summed E-state index contributed by atoms with van der Waals surface area (Å²) in [6, 6.07) is -0.903. The minimum absolute atomic E-state index is 0.712. The fourth-order valence-electron chi connectivity index (χ4n) is 1.55. The van der Waals surface area contributed by atoms with Crippen molar-refractivity contribution in [2.75, 3.05) is 0 Å². The number of ether oxygens (including phenoxy) is 1. The van der Waals surface area contributed by atoms with Gasteiger partial charge in [-0.2, -0.15) is 0 Å². The molecule has 17 heavy (non-hydrogen) atoms. The van der Waals surface area contributed by atoms with E-state index in [1.807, 2.05) is 0 Å². The van der Waals surface area contributed by atoms with E-state index in [1.165, 1.54) is 0 Å². The predicted molar refractivity (Wildman–Crippen MR) is 55.4 cm³/mol. The van der Waals surface area contributed by atoms with Crippen molar-refractivity contribution in [3.63, 3.8) is 0 Å². The summed E-state index contributed by atoms with van der Waals surface area (Å²) in [7, 11) is 0. The van der Waals surface area contributed by atoms with Crippen molar-refractivity contribution in [2.45, 2.75) is 32.4 Å². The monoisotopic (exact) mass is 245 g/mol. The topological polar surface area (TPSA) is 113 Å². The van der Waals surface area contributed by atoms with Gasteiger partial charge in [-0.05, 0) is 20.8 Å². The standard InChI is InChI=1S/C10H15NO6/c1-10(2,3)17-9(16)11-6-4(7(12)13)5(6)8(14)15/h4-6H,1-3H3,(H,11,16)(H,12,13)(H,14,15). The van der Waals surface area contributed by atoms with Crippen LogP contribution in [-0.4, -0.2) is 39.9 Å². The molecule has 0 aromatic rings. The molecule has 96 valence electrons. The molecular weight excluding hydrogens is 230 g/mol. The van der Waals surface area contributed by atoms with Crippen molar-refractivity contribution in [3.05, 3.63) is 0 Å². The first-order chi connectivity index (χ1) is 7.63. The Morgan fingerprint density at radius 1 is 1.06 bits per heavy atom. The first kappa shape index (κ1) is 13.3. The number of carboxylic acids is 2. The summed E-state index contributed by atoms with van der Waals surface area (Å²) >= 11 is 0. The quantitative estimate of drug-likeness (QED) is 0.658. The summed E-state index contributed by atoms with van der Waals surface area (Å²) in [5.41, 5.74) is -0.712. The van der Waals surface area contributed by atoms with Crippen LogP contribution in [-0.2, 0) is 14.3 Å². The zero-order chi connectivity index (χ0) is 13.4. The molecule has 1 rings (SSSR count). The van der Waals surface area contributed by atoms with E-state index in [1.54, 1.807) is 20.8 Å². The van der Waals surface area contributed by atoms with Gasteiger partial charge in [0, 0.05) is 0 Å². The summed E-state index contributed by atoms with van der Waals surface area (Å²) in [6.07, 6.45) is -0.808. The largest absolute Gasteiger partial charge is 0.481 e. The lowest BCUT2D eigenvalue weighted by atomic mass is 10.2. The predicted octanol–water partition coefficient (Wildman–Crippen LogP) is 0.295. The molecule has 7 nitrogen and oxygen atoms in total. The minimum Gasteiger partial charge on any atom is -0.481 e. The van der Waals surface area contributed by atoms with Gasteiger partial charge in [-0.3, -0.25) is 9.59 Å². The van der Waals surface area contributed by atoms with Crippen molar-refractivity contribution < 1.29 is 29.3 Å². The Labute approximate surface area is 97.8 Å². The average molecular weight is 245 g/mol. The SMILES string of the molecule is CC(C)(C)OC(=O)NC1C(C(=O)O)C1C(=O)O. The van der Waals surface area contributed by atoms with E-state index in [-0.39, 0.29) is 0 Å². The number of hydrogen-bond donors (Lipinski definition) is 3. The third-order valence-corrected chi connectivity index (χ3v) is 2.27. The number of carbonyl (C=O) groups excluding carboxylic acids is 1. The molecule has 0 aromatic carbocycles. The van der Waals surface area contributed by atoms with Crippen molar-refractivity contribution >= 4 is 18.0 Å². The van der Waals surface area contributed by atoms with Crippen LogP contribution in [0.15, 0.2) is 0 Å². The minimum atomic E-state index is -1.24. The number of alkyl carbamates (subject to hydrolysis) is 1. The Bertz CT molecular complexity index is 338. The molecule has 3 N–H and O–H groups in total. The molecule has 1 saturated carbocycles. The zero-order valence-electron chi connectivity index (χ0n) is 9.76. The summed E-state index contributed by atoms with van der Waals surface area (Å²) in [4.78, 5) is 32.7. The second-order valence-corrected chi connectivity index (χ2v) is 4.90. The van der Waals surface area contributed by atoms with Crippen LogP contribution < -0.4 is 5.32 Å². The molecule has 1 aliphatic rings. The zero-order valence-corrected chi connectivity index (χ0v) is 9.76. The lowest BCUT2D eigenvalue weighted by molar-refractivity contribution is -0.144. The van der Waals surface area contributed by atoms with Crippen molar-refractivity contribution in [3.8, 4) is 0 Å². The molecule has 7 heteroatoms.